The third-order valence-electron chi connectivity index (χ3n) is 4.98. The molecule has 2 aliphatic rings. The minimum Gasteiger partial charge on any atom is -0.292 e. The highest BCUT2D eigenvalue weighted by Gasteiger charge is 2.46. The number of fused-ring (bicyclic) bond motifs is 1. The van der Waals surface area contributed by atoms with Gasteiger partial charge in [0.05, 0.1) is 17.0 Å². The molecule has 128 valence electrons. The predicted molar refractivity (Wildman–Crippen MR) is 95.6 cm³/mol. The molecule has 0 saturated carbocycles. The molecule has 0 aliphatic carbocycles. The molecule has 0 N–H and O–H groups in total. The number of hydrogen-bond acceptors (Lipinski definition) is 6. The second-order valence-corrected chi connectivity index (χ2v) is 9.73. The quantitative estimate of drug-likeness (QED) is 0.826. The zero-order chi connectivity index (χ0) is 16.6. The first-order chi connectivity index (χ1) is 11.6. The van der Waals surface area contributed by atoms with Gasteiger partial charge in [0.1, 0.15) is 0 Å². The molecule has 3 heterocycles. The van der Waals surface area contributed by atoms with E-state index in [9.17, 15) is 8.42 Å². The summed E-state index contributed by atoms with van der Waals surface area (Å²) >= 11 is 1.64. The summed E-state index contributed by atoms with van der Waals surface area (Å²) in [6.07, 6.45) is 1.89. The summed E-state index contributed by atoms with van der Waals surface area (Å²) in [5, 5.41) is 0. The van der Waals surface area contributed by atoms with Crippen LogP contribution in [-0.2, 0) is 22.9 Å². The van der Waals surface area contributed by atoms with Gasteiger partial charge in [-0.3, -0.25) is 14.8 Å². The number of piperazine rings is 1. The van der Waals surface area contributed by atoms with Crippen LogP contribution >= 0.6 is 11.3 Å². The van der Waals surface area contributed by atoms with Gasteiger partial charge in [-0.15, -0.1) is 11.3 Å². The highest BCUT2D eigenvalue weighted by atomic mass is 32.2. The van der Waals surface area contributed by atoms with Crippen molar-refractivity contribution in [2.45, 2.75) is 25.2 Å². The van der Waals surface area contributed by atoms with Crippen LogP contribution in [-0.4, -0.2) is 59.9 Å². The lowest BCUT2D eigenvalue weighted by atomic mass is 10.0. The molecule has 2 aromatic rings. The molecule has 0 bridgehead atoms. The Labute approximate surface area is 146 Å². The SMILES string of the molecule is O=S1(=O)C[C@@H]2[C@H](C1)N(Cc1cncs1)CCN2Cc1ccccc1. The molecule has 1 aromatic carbocycles. The van der Waals surface area contributed by atoms with E-state index in [0.717, 1.165) is 26.2 Å². The van der Waals surface area contributed by atoms with E-state index in [1.807, 2.05) is 29.9 Å². The van der Waals surface area contributed by atoms with Gasteiger partial charge in [0, 0.05) is 49.3 Å². The highest BCUT2D eigenvalue weighted by Crippen LogP contribution is 2.29. The van der Waals surface area contributed by atoms with Crippen molar-refractivity contribution in [2.75, 3.05) is 24.6 Å². The van der Waals surface area contributed by atoms with Gasteiger partial charge in [0.2, 0.25) is 0 Å². The normalized spacial score (nSPS) is 27.2. The zero-order valence-corrected chi connectivity index (χ0v) is 15.0. The summed E-state index contributed by atoms with van der Waals surface area (Å²) in [5.41, 5.74) is 3.08. The van der Waals surface area contributed by atoms with Crippen LogP contribution < -0.4 is 0 Å². The van der Waals surface area contributed by atoms with Gasteiger partial charge in [-0.05, 0) is 5.56 Å². The summed E-state index contributed by atoms with van der Waals surface area (Å²) in [4.78, 5) is 10.0. The Morgan fingerprint density at radius 2 is 1.71 bits per heavy atom. The largest absolute Gasteiger partial charge is 0.292 e. The summed E-state index contributed by atoms with van der Waals surface area (Å²) < 4.78 is 24.6. The maximum atomic E-state index is 12.3. The van der Waals surface area contributed by atoms with Gasteiger partial charge < -0.3 is 0 Å². The van der Waals surface area contributed by atoms with Gasteiger partial charge in [0.25, 0.3) is 0 Å². The van der Waals surface area contributed by atoms with E-state index in [1.165, 1.54) is 10.4 Å². The zero-order valence-electron chi connectivity index (χ0n) is 13.4. The Morgan fingerprint density at radius 3 is 2.33 bits per heavy atom. The van der Waals surface area contributed by atoms with Gasteiger partial charge in [-0.1, -0.05) is 30.3 Å². The van der Waals surface area contributed by atoms with Crippen LogP contribution in [0.4, 0.5) is 0 Å². The summed E-state index contributed by atoms with van der Waals surface area (Å²) in [5.74, 6) is 0.561. The van der Waals surface area contributed by atoms with Crippen molar-refractivity contribution in [1.29, 1.82) is 0 Å². The first kappa shape index (κ1) is 16.2. The number of thiazole rings is 1. The van der Waals surface area contributed by atoms with E-state index in [4.69, 9.17) is 0 Å². The fraction of sp³-hybridized carbons (Fsp3) is 0.471. The molecule has 2 aliphatic heterocycles. The van der Waals surface area contributed by atoms with Crippen LogP contribution in [0.25, 0.3) is 0 Å². The maximum Gasteiger partial charge on any atom is 0.153 e. The number of rotatable bonds is 4. The van der Waals surface area contributed by atoms with Crippen LogP contribution in [0.1, 0.15) is 10.4 Å². The molecule has 1 aromatic heterocycles. The number of nitrogens with zero attached hydrogens (tertiary/aromatic N) is 3. The molecule has 0 radical (unpaired) electrons. The summed E-state index contributed by atoms with van der Waals surface area (Å²) in [6.45, 7) is 3.44. The molecular weight excluding hydrogens is 342 g/mol. The lowest BCUT2D eigenvalue weighted by molar-refractivity contribution is 0.0361. The minimum atomic E-state index is -2.96. The van der Waals surface area contributed by atoms with E-state index in [-0.39, 0.29) is 23.6 Å². The first-order valence-corrected chi connectivity index (χ1v) is 10.9. The molecule has 0 unspecified atom stereocenters. The smallest absolute Gasteiger partial charge is 0.153 e. The second kappa shape index (κ2) is 6.55. The van der Waals surface area contributed by atoms with Gasteiger partial charge >= 0.3 is 0 Å². The van der Waals surface area contributed by atoms with Gasteiger partial charge in [0.15, 0.2) is 9.84 Å². The third kappa shape index (κ3) is 3.39. The van der Waals surface area contributed by atoms with E-state index in [2.05, 4.69) is 26.9 Å². The van der Waals surface area contributed by atoms with Crippen molar-refractivity contribution < 1.29 is 8.42 Å². The number of benzene rings is 1. The summed E-state index contributed by atoms with van der Waals surface area (Å²) in [6, 6.07) is 10.5. The molecule has 7 heteroatoms. The van der Waals surface area contributed by atoms with Crippen molar-refractivity contribution >= 4 is 21.2 Å². The summed E-state index contributed by atoms with van der Waals surface area (Å²) in [7, 11) is -2.96. The third-order valence-corrected chi connectivity index (χ3v) is 7.44. The maximum absolute atomic E-state index is 12.3. The Bertz CT molecular complexity index is 777. The standard InChI is InChI=1S/C17H21N3O2S2/c21-24(22)11-16-17(12-24)20(10-15-8-18-13-23-15)7-6-19(16)9-14-4-2-1-3-5-14/h1-5,8,13,16-17H,6-7,9-12H2/t16-,17+/m1/s1. The van der Waals surface area contributed by atoms with Crippen LogP contribution in [0, 0.1) is 0 Å². The molecule has 0 amide bonds. The van der Waals surface area contributed by atoms with E-state index in [1.54, 1.807) is 11.3 Å². The molecule has 5 nitrogen and oxygen atoms in total. The van der Waals surface area contributed by atoms with Crippen LogP contribution in [0.3, 0.4) is 0 Å². The van der Waals surface area contributed by atoms with Crippen LogP contribution in [0.5, 0.6) is 0 Å². The van der Waals surface area contributed by atoms with Crippen molar-refractivity contribution in [2.24, 2.45) is 0 Å². The van der Waals surface area contributed by atoms with E-state index < -0.39 is 9.84 Å². The van der Waals surface area contributed by atoms with Crippen molar-refractivity contribution in [3.05, 3.63) is 52.5 Å². The van der Waals surface area contributed by atoms with Crippen molar-refractivity contribution in [1.82, 2.24) is 14.8 Å². The predicted octanol–water partition coefficient (Wildman–Crippen LogP) is 1.63. The van der Waals surface area contributed by atoms with Gasteiger partial charge in [-0.2, -0.15) is 0 Å². The monoisotopic (exact) mass is 363 g/mol. The number of sulfone groups is 1. The number of hydrogen-bond donors (Lipinski definition) is 0. The van der Waals surface area contributed by atoms with Gasteiger partial charge in [-0.25, -0.2) is 8.42 Å². The Morgan fingerprint density at radius 1 is 1.04 bits per heavy atom. The fourth-order valence-electron chi connectivity index (χ4n) is 3.83. The average Bonchev–Trinajstić information content (AvgIpc) is 3.17. The van der Waals surface area contributed by atoms with Crippen molar-refractivity contribution in [3.63, 3.8) is 0 Å². The van der Waals surface area contributed by atoms with Crippen LogP contribution in [0.15, 0.2) is 42.0 Å². The van der Waals surface area contributed by atoms with Crippen LogP contribution in [0.2, 0.25) is 0 Å². The number of aromatic nitrogens is 1. The highest BCUT2D eigenvalue weighted by molar-refractivity contribution is 7.91. The molecule has 0 spiro atoms. The minimum absolute atomic E-state index is 0.0922. The Balaban J connectivity index is 1.53. The van der Waals surface area contributed by atoms with Crippen molar-refractivity contribution in [3.8, 4) is 0 Å². The molecule has 2 fully saturated rings. The average molecular weight is 364 g/mol. The first-order valence-electron chi connectivity index (χ1n) is 8.20. The van der Waals surface area contributed by atoms with E-state index >= 15 is 0 Å². The molecular formula is C17H21N3O2S2. The Kier molecular flexibility index (Phi) is 4.42. The topological polar surface area (TPSA) is 53.5 Å². The van der Waals surface area contributed by atoms with E-state index in [0.29, 0.717) is 0 Å². The lowest BCUT2D eigenvalue weighted by Gasteiger charge is -2.43. The fourth-order valence-corrected chi connectivity index (χ4v) is 6.49. The molecule has 4 rings (SSSR count). The molecule has 2 saturated heterocycles. The second-order valence-electron chi connectivity index (χ2n) is 6.61. The molecule has 24 heavy (non-hydrogen) atoms. The molecule has 2 atom stereocenters. The lowest BCUT2D eigenvalue weighted by Crippen LogP contribution is -2.58. The Hall–Kier alpha value is -1.28.